The van der Waals surface area contributed by atoms with Crippen LogP contribution in [0.5, 0.6) is 0 Å². The van der Waals surface area contributed by atoms with Crippen LogP contribution < -0.4 is 4.90 Å². The van der Waals surface area contributed by atoms with Crippen molar-refractivity contribution in [1.29, 1.82) is 0 Å². The van der Waals surface area contributed by atoms with Crippen molar-refractivity contribution in [1.82, 2.24) is 9.88 Å². The van der Waals surface area contributed by atoms with E-state index in [1.165, 1.54) is 0 Å². The number of fused-ring (bicyclic) bond motifs is 3. The summed E-state index contributed by atoms with van der Waals surface area (Å²) in [6.07, 6.45) is 3.57. The van der Waals surface area contributed by atoms with Gasteiger partial charge in [-0.2, -0.15) is 0 Å². The first-order chi connectivity index (χ1) is 13.5. The Kier molecular flexibility index (Phi) is 4.41. The standard InChI is InChI=1S/C22H25N5O/c1-7-24-21-20(23-6)27(15(5)26(21)13(2)3)18-14(4)10-11-16-17-9-8-12-25-22(17)28-19(16)18/h7-13,15H,6H2,1-5H3/t15-/m0/s1. The second-order valence-electron chi connectivity index (χ2n) is 7.26. The summed E-state index contributed by atoms with van der Waals surface area (Å²) in [5.74, 6) is 1.56. The Balaban J connectivity index is 2.03. The van der Waals surface area contributed by atoms with Gasteiger partial charge in [0.15, 0.2) is 17.2 Å². The van der Waals surface area contributed by atoms with Crippen molar-refractivity contribution in [3.8, 4) is 0 Å². The fourth-order valence-electron chi connectivity index (χ4n) is 4.12. The molecule has 3 aromatic rings. The maximum atomic E-state index is 6.21. The van der Waals surface area contributed by atoms with Gasteiger partial charge in [0.2, 0.25) is 5.71 Å². The second kappa shape index (κ2) is 6.78. The molecule has 0 N–H and O–H groups in total. The molecule has 4 rings (SSSR count). The van der Waals surface area contributed by atoms with Gasteiger partial charge in [0.1, 0.15) is 6.17 Å². The minimum atomic E-state index is 0.0182. The summed E-state index contributed by atoms with van der Waals surface area (Å²) < 4.78 is 6.21. The summed E-state index contributed by atoms with van der Waals surface area (Å²) in [4.78, 5) is 17.8. The normalized spacial score (nSPS) is 17.9. The van der Waals surface area contributed by atoms with Crippen LogP contribution in [0, 0.1) is 6.92 Å². The lowest BCUT2D eigenvalue weighted by atomic mass is 10.1. The molecule has 1 aliphatic heterocycles. The van der Waals surface area contributed by atoms with Gasteiger partial charge in [-0.05, 0) is 59.0 Å². The van der Waals surface area contributed by atoms with Crippen LogP contribution in [-0.2, 0) is 0 Å². The van der Waals surface area contributed by atoms with Gasteiger partial charge in [0.25, 0.3) is 0 Å². The molecule has 0 aliphatic carbocycles. The Morgan fingerprint density at radius 3 is 2.68 bits per heavy atom. The number of anilines is 1. The van der Waals surface area contributed by atoms with Crippen molar-refractivity contribution in [2.24, 2.45) is 9.98 Å². The zero-order valence-corrected chi connectivity index (χ0v) is 17.0. The third-order valence-electron chi connectivity index (χ3n) is 5.24. The molecule has 6 nitrogen and oxygen atoms in total. The van der Waals surface area contributed by atoms with Gasteiger partial charge in [-0.25, -0.2) is 15.0 Å². The Morgan fingerprint density at radius 1 is 1.21 bits per heavy atom. The number of aryl methyl sites for hydroxylation is 1. The molecule has 0 unspecified atom stereocenters. The highest BCUT2D eigenvalue weighted by Crippen LogP contribution is 2.43. The Morgan fingerprint density at radius 2 is 2.00 bits per heavy atom. The molecule has 0 fully saturated rings. The van der Waals surface area contributed by atoms with Gasteiger partial charge >= 0.3 is 0 Å². The summed E-state index contributed by atoms with van der Waals surface area (Å²) in [6, 6.07) is 8.44. The van der Waals surface area contributed by atoms with Crippen molar-refractivity contribution in [3.63, 3.8) is 0 Å². The van der Waals surface area contributed by atoms with Gasteiger partial charge in [-0.3, -0.25) is 4.90 Å². The molecular formula is C22H25N5O. The third kappa shape index (κ3) is 2.52. The fraction of sp³-hybridized carbons (Fsp3) is 0.318. The highest BCUT2D eigenvalue weighted by Gasteiger charge is 2.39. The smallest absolute Gasteiger partial charge is 0.227 e. The quantitative estimate of drug-likeness (QED) is 0.597. The lowest BCUT2D eigenvalue weighted by Gasteiger charge is -2.34. The maximum absolute atomic E-state index is 6.21. The van der Waals surface area contributed by atoms with Crippen molar-refractivity contribution in [3.05, 3.63) is 47.7 Å². The Bertz CT molecular complexity index is 1120. The van der Waals surface area contributed by atoms with Crippen molar-refractivity contribution in [2.75, 3.05) is 4.90 Å². The van der Waals surface area contributed by atoms with Crippen LogP contribution in [0.2, 0.25) is 0 Å². The molecule has 1 atom stereocenters. The van der Waals surface area contributed by atoms with E-state index in [2.05, 4.69) is 71.3 Å². The zero-order valence-electron chi connectivity index (χ0n) is 17.0. The minimum Gasteiger partial charge on any atom is -0.435 e. The number of hydrogen-bond donors (Lipinski definition) is 0. The van der Waals surface area contributed by atoms with Gasteiger partial charge in [0.05, 0.1) is 5.69 Å². The highest BCUT2D eigenvalue weighted by molar-refractivity contribution is 6.08. The first kappa shape index (κ1) is 18.2. The lowest BCUT2D eigenvalue weighted by molar-refractivity contribution is 0.240. The first-order valence-electron chi connectivity index (χ1n) is 9.53. The van der Waals surface area contributed by atoms with Crippen LogP contribution in [0.1, 0.15) is 33.3 Å². The summed E-state index contributed by atoms with van der Waals surface area (Å²) >= 11 is 0. The molecule has 0 amide bonds. The number of nitrogens with zero attached hydrogens (tertiary/aromatic N) is 5. The maximum Gasteiger partial charge on any atom is 0.227 e. The van der Waals surface area contributed by atoms with Gasteiger partial charge < -0.3 is 9.32 Å². The largest absolute Gasteiger partial charge is 0.435 e. The molecule has 1 aliphatic rings. The molecule has 1 aromatic carbocycles. The average Bonchev–Trinajstić information content (AvgIpc) is 3.17. The van der Waals surface area contributed by atoms with Crippen LogP contribution in [0.3, 0.4) is 0 Å². The van der Waals surface area contributed by atoms with Crippen LogP contribution in [0.25, 0.3) is 22.1 Å². The van der Waals surface area contributed by atoms with E-state index in [0.717, 1.165) is 39.2 Å². The van der Waals surface area contributed by atoms with E-state index >= 15 is 0 Å². The average molecular weight is 375 g/mol. The SMILES string of the molecule is C=NC1=C(N=CC)N(C(C)C)[C@H](C)N1c1c(C)ccc2c1oc1ncccc12. The van der Waals surface area contributed by atoms with Crippen LogP contribution in [0.15, 0.2) is 56.5 Å². The molecule has 3 heterocycles. The van der Waals surface area contributed by atoms with Gasteiger partial charge in [0, 0.05) is 29.2 Å². The first-order valence-corrected chi connectivity index (χ1v) is 9.53. The zero-order chi connectivity index (χ0) is 20.0. The van der Waals surface area contributed by atoms with E-state index in [1.54, 1.807) is 12.4 Å². The predicted octanol–water partition coefficient (Wildman–Crippen LogP) is 5.08. The number of benzene rings is 1. The number of aromatic nitrogens is 1. The fourth-order valence-corrected chi connectivity index (χ4v) is 4.12. The van der Waals surface area contributed by atoms with Crippen molar-refractivity contribution in [2.45, 2.75) is 46.8 Å². The van der Waals surface area contributed by atoms with Crippen LogP contribution in [-0.4, -0.2) is 35.0 Å². The number of hydrogen-bond acceptors (Lipinski definition) is 6. The molecule has 0 radical (unpaired) electrons. The number of pyridine rings is 1. The van der Waals surface area contributed by atoms with E-state index in [0.29, 0.717) is 5.71 Å². The van der Waals surface area contributed by atoms with E-state index in [-0.39, 0.29) is 12.2 Å². The Labute approximate surface area is 164 Å². The molecule has 6 heteroatoms. The molecule has 0 bridgehead atoms. The topological polar surface area (TPSA) is 57.2 Å². The van der Waals surface area contributed by atoms with Crippen LogP contribution >= 0.6 is 0 Å². The molecule has 0 saturated heterocycles. The Hall–Kier alpha value is -3.15. The number of rotatable bonds is 4. The molecule has 0 spiro atoms. The minimum absolute atomic E-state index is 0.0182. The summed E-state index contributed by atoms with van der Waals surface area (Å²) in [5, 5.41) is 2.05. The molecule has 2 aromatic heterocycles. The van der Waals surface area contributed by atoms with Crippen LogP contribution in [0.4, 0.5) is 5.69 Å². The summed E-state index contributed by atoms with van der Waals surface area (Å²) in [7, 11) is 0. The molecular weight excluding hydrogens is 350 g/mol. The second-order valence-corrected chi connectivity index (χ2v) is 7.26. The van der Waals surface area contributed by atoms with Gasteiger partial charge in [-0.15, -0.1) is 0 Å². The molecule has 28 heavy (non-hydrogen) atoms. The molecule has 144 valence electrons. The van der Waals surface area contributed by atoms with E-state index < -0.39 is 0 Å². The highest BCUT2D eigenvalue weighted by atomic mass is 16.3. The molecule has 0 saturated carbocycles. The van der Waals surface area contributed by atoms with Gasteiger partial charge in [-0.1, -0.05) is 12.1 Å². The monoisotopic (exact) mass is 375 g/mol. The number of aliphatic imine (C=N–C) groups is 2. The summed E-state index contributed by atoms with van der Waals surface area (Å²) in [6.45, 7) is 14.3. The summed E-state index contributed by atoms with van der Waals surface area (Å²) in [5.41, 5.74) is 3.54. The van der Waals surface area contributed by atoms with E-state index in [4.69, 9.17) is 4.42 Å². The lowest BCUT2D eigenvalue weighted by Crippen LogP contribution is -2.41. The number of furan rings is 1. The van der Waals surface area contributed by atoms with E-state index in [9.17, 15) is 0 Å². The van der Waals surface area contributed by atoms with E-state index in [1.807, 2.05) is 19.1 Å². The predicted molar refractivity (Wildman–Crippen MR) is 116 cm³/mol. The third-order valence-corrected chi connectivity index (χ3v) is 5.24. The van der Waals surface area contributed by atoms with Crippen molar-refractivity contribution >= 4 is 40.7 Å². The van der Waals surface area contributed by atoms with Crippen molar-refractivity contribution < 1.29 is 4.42 Å².